The third kappa shape index (κ3) is 15.5. The van der Waals surface area contributed by atoms with Crippen molar-refractivity contribution in [3.05, 3.63) is 60.2 Å². The van der Waals surface area contributed by atoms with Gasteiger partial charge in [-0.05, 0) is 100 Å². The molecule has 3 aliphatic carbocycles. The van der Waals surface area contributed by atoms with Gasteiger partial charge in [0.2, 0.25) is 0 Å². The van der Waals surface area contributed by atoms with Crippen LogP contribution >= 0.6 is 11.3 Å². The second-order valence-electron chi connectivity index (χ2n) is 16.2. The van der Waals surface area contributed by atoms with Crippen molar-refractivity contribution in [3.8, 4) is 16.3 Å². The molecule has 0 spiro atoms. The topological polar surface area (TPSA) is 65.5 Å². The molecule has 3 fully saturated rings. The van der Waals surface area contributed by atoms with Gasteiger partial charge in [-0.3, -0.25) is 9.59 Å². The monoisotopic (exact) mass is 774 g/mol. The summed E-state index contributed by atoms with van der Waals surface area (Å²) in [5, 5.41) is 0.972. The van der Waals surface area contributed by atoms with Crippen LogP contribution in [0.25, 0.3) is 20.8 Å². The molecule has 0 unspecified atom stereocenters. The van der Waals surface area contributed by atoms with Crippen LogP contribution in [0.5, 0.6) is 5.75 Å². The van der Waals surface area contributed by atoms with Crippen molar-refractivity contribution in [2.75, 3.05) is 7.11 Å². The lowest BCUT2D eigenvalue weighted by Gasteiger charge is -2.32. The quantitative estimate of drug-likeness (QED) is 0.135. The molecular formula is C49H75NO4S. The van der Waals surface area contributed by atoms with Gasteiger partial charge >= 0.3 is 5.97 Å². The fraction of sp³-hybridized carbons (Fsp3) is 0.653. The van der Waals surface area contributed by atoms with Gasteiger partial charge in [0.05, 0.1) is 23.2 Å². The molecule has 5 nitrogen and oxygen atoms in total. The van der Waals surface area contributed by atoms with E-state index in [9.17, 15) is 9.59 Å². The largest absolute Gasteiger partial charge is 0.497 e. The number of benzene rings is 2. The second kappa shape index (κ2) is 26.0. The van der Waals surface area contributed by atoms with Gasteiger partial charge < -0.3 is 9.47 Å². The molecule has 1 heterocycles. The summed E-state index contributed by atoms with van der Waals surface area (Å²) < 4.78 is 12.3. The zero-order chi connectivity index (χ0) is 40.0. The Morgan fingerprint density at radius 2 is 1.42 bits per heavy atom. The highest BCUT2D eigenvalue weighted by atomic mass is 32.1. The number of Topliss-reactive ketones (excluding diaryl/α,β-unsaturated/α-hetero) is 1. The number of carbonyl (C=O) groups is 2. The van der Waals surface area contributed by atoms with Crippen molar-refractivity contribution in [2.24, 2.45) is 23.7 Å². The van der Waals surface area contributed by atoms with E-state index in [1.165, 1.54) is 69.8 Å². The standard InChI is InChI=1S/C22H23NO2S.C21H36O2.2C3H8/c1-25-17-11-12-21-19(14-17)23-22(26-21)18-10-6-5-9-16(18)13-20(24)15-7-3-2-4-8-15;1-4-6-7-17-8-10-19(11-9-17)21(22)23-20-14-12-18(13-15-20)16(3)5-2;2*1-3-2/h5-6,9-12,14-15H,2-4,7-8,13H2,1H3;17-20H,3-15H2,1-2H3;2*3H2,1-2H3. The van der Waals surface area contributed by atoms with Crippen LogP contribution in [-0.4, -0.2) is 30.0 Å². The SMILES string of the molecule is C=C(CC)C1CCC(OC(=O)C2CCC(CCCC)CC2)CC1.CCC.CCC.COc1ccc2sc(-c3ccccc3CC(=O)C3CCCCC3)nc2c1. The molecule has 6 rings (SSSR count). The maximum absolute atomic E-state index is 12.8. The van der Waals surface area contributed by atoms with Gasteiger partial charge in [0, 0.05) is 24.0 Å². The molecule has 0 aliphatic heterocycles. The summed E-state index contributed by atoms with van der Waals surface area (Å²) in [5.74, 6) is 3.23. The minimum absolute atomic E-state index is 0.0942. The molecule has 0 amide bonds. The van der Waals surface area contributed by atoms with Crippen molar-refractivity contribution in [1.29, 1.82) is 0 Å². The number of nitrogens with zero attached hydrogens (tertiary/aromatic N) is 1. The van der Waals surface area contributed by atoms with E-state index in [1.54, 1.807) is 18.4 Å². The first-order valence-electron chi connectivity index (χ1n) is 22.1. The van der Waals surface area contributed by atoms with Gasteiger partial charge in [0.1, 0.15) is 22.6 Å². The average molecular weight is 774 g/mol. The third-order valence-electron chi connectivity index (χ3n) is 11.4. The Balaban J connectivity index is 0.000000260. The predicted molar refractivity (Wildman–Crippen MR) is 235 cm³/mol. The highest BCUT2D eigenvalue weighted by Crippen LogP contribution is 2.37. The van der Waals surface area contributed by atoms with Crippen LogP contribution in [0.15, 0.2) is 54.6 Å². The van der Waals surface area contributed by atoms with Crippen LogP contribution in [0, 0.1) is 23.7 Å². The van der Waals surface area contributed by atoms with Gasteiger partial charge in [-0.25, -0.2) is 4.98 Å². The van der Waals surface area contributed by atoms with E-state index < -0.39 is 0 Å². The Bertz CT molecular complexity index is 1540. The number of aromatic nitrogens is 1. The Morgan fingerprint density at radius 3 is 2.04 bits per heavy atom. The fourth-order valence-corrected chi connectivity index (χ4v) is 9.11. The second-order valence-corrected chi connectivity index (χ2v) is 17.2. The first-order valence-corrected chi connectivity index (χ1v) is 23.0. The molecule has 3 saturated carbocycles. The van der Waals surface area contributed by atoms with E-state index in [1.807, 2.05) is 30.3 Å². The smallest absolute Gasteiger partial charge is 0.309 e. The summed E-state index contributed by atoms with van der Waals surface area (Å²) in [6, 6.07) is 14.2. The van der Waals surface area contributed by atoms with Gasteiger partial charge in [-0.1, -0.05) is 129 Å². The highest BCUT2D eigenvalue weighted by Gasteiger charge is 2.31. The minimum Gasteiger partial charge on any atom is -0.497 e. The lowest BCUT2D eigenvalue weighted by molar-refractivity contribution is -0.157. The fourth-order valence-electron chi connectivity index (χ4n) is 8.11. The first-order chi connectivity index (χ1) is 26.7. The van der Waals surface area contributed by atoms with Crippen molar-refractivity contribution >= 4 is 33.3 Å². The van der Waals surface area contributed by atoms with Crippen molar-refractivity contribution in [1.82, 2.24) is 4.98 Å². The van der Waals surface area contributed by atoms with Crippen LogP contribution in [-0.2, 0) is 20.7 Å². The zero-order valence-corrected chi connectivity index (χ0v) is 36.6. The number of allylic oxidation sites excluding steroid dienone is 1. The number of carbonyl (C=O) groups excluding carboxylic acids is 2. The lowest BCUT2D eigenvalue weighted by atomic mass is 9.79. The van der Waals surface area contributed by atoms with Gasteiger partial charge in [-0.2, -0.15) is 0 Å². The maximum Gasteiger partial charge on any atom is 0.309 e. The van der Waals surface area contributed by atoms with Gasteiger partial charge in [-0.15, -0.1) is 11.3 Å². The predicted octanol–water partition coefficient (Wildman–Crippen LogP) is 14.5. The molecule has 0 atom stereocenters. The molecule has 0 bridgehead atoms. The Hall–Kier alpha value is -2.99. The van der Waals surface area contributed by atoms with Crippen LogP contribution in [0.1, 0.15) is 169 Å². The van der Waals surface area contributed by atoms with E-state index in [4.69, 9.17) is 14.5 Å². The summed E-state index contributed by atoms with van der Waals surface area (Å²) in [5.41, 5.74) is 4.49. The third-order valence-corrected chi connectivity index (χ3v) is 12.5. The van der Waals surface area contributed by atoms with Crippen LogP contribution in [0.3, 0.4) is 0 Å². The molecular weight excluding hydrogens is 699 g/mol. The zero-order valence-electron chi connectivity index (χ0n) is 35.8. The number of hydrogen-bond acceptors (Lipinski definition) is 6. The molecule has 3 aromatic rings. The number of rotatable bonds is 12. The van der Waals surface area contributed by atoms with Crippen LogP contribution < -0.4 is 4.74 Å². The number of fused-ring (bicyclic) bond motifs is 1. The number of hydrogen-bond donors (Lipinski definition) is 0. The molecule has 3 aliphatic rings. The Morgan fingerprint density at radius 1 is 0.782 bits per heavy atom. The molecule has 2 aromatic carbocycles. The summed E-state index contributed by atoms with van der Waals surface area (Å²) in [6.07, 6.45) is 22.9. The van der Waals surface area contributed by atoms with E-state index in [2.05, 4.69) is 60.3 Å². The van der Waals surface area contributed by atoms with E-state index in [0.717, 1.165) is 95.8 Å². The van der Waals surface area contributed by atoms with Crippen LogP contribution in [0.2, 0.25) is 0 Å². The molecule has 0 radical (unpaired) electrons. The normalized spacial score (nSPS) is 21.1. The van der Waals surface area contributed by atoms with E-state index in [-0.39, 0.29) is 23.9 Å². The molecule has 306 valence electrons. The number of methoxy groups -OCH3 is 1. The van der Waals surface area contributed by atoms with Crippen molar-refractivity contribution in [3.63, 3.8) is 0 Å². The average Bonchev–Trinajstić information content (AvgIpc) is 3.65. The van der Waals surface area contributed by atoms with Crippen molar-refractivity contribution in [2.45, 2.75) is 176 Å². The summed E-state index contributed by atoms with van der Waals surface area (Å²) >= 11 is 1.67. The van der Waals surface area contributed by atoms with Crippen molar-refractivity contribution < 1.29 is 19.1 Å². The molecule has 55 heavy (non-hydrogen) atoms. The Labute approximate surface area is 339 Å². The number of ketones is 1. The summed E-state index contributed by atoms with van der Waals surface area (Å²) in [6.45, 7) is 17.1. The summed E-state index contributed by atoms with van der Waals surface area (Å²) in [7, 11) is 1.67. The highest BCUT2D eigenvalue weighted by molar-refractivity contribution is 7.21. The minimum atomic E-state index is 0.0942. The van der Waals surface area contributed by atoms with Gasteiger partial charge in [0.25, 0.3) is 0 Å². The summed E-state index contributed by atoms with van der Waals surface area (Å²) in [4.78, 5) is 30.0. The van der Waals surface area contributed by atoms with Gasteiger partial charge in [0.15, 0.2) is 0 Å². The molecule has 6 heteroatoms. The number of ether oxygens (including phenoxy) is 2. The lowest BCUT2D eigenvalue weighted by Crippen LogP contribution is -2.30. The molecule has 0 N–H and O–H groups in total. The van der Waals surface area contributed by atoms with Crippen LogP contribution in [0.4, 0.5) is 0 Å². The Kier molecular flexibility index (Phi) is 22.0. The number of thiazole rings is 1. The maximum atomic E-state index is 12.8. The number of esters is 1. The van der Waals surface area contributed by atoms with E-state index >= 15 is 0 Å². The first kappa shape index (κ1) is 46.4. The number of unbranched alkanes of at least 4 members (excludes halogenated alkanes) is 1. The molecule has 1 aromatic heterocycles. The van der Waals surface area contributed by atoms with E-state index in [0.29, 0.717) is 18.1 Å². The molecule has 0 saturated heterocycles.